The topological polar surface area (TPSA) is 84.2 Å². The third-order valence-electron chi connectivity index (χ3n) is 3.33. The molecule has 0 aromatic heterocycles. The van der Waals surface area contributed by atoms with Gasteiger partial charge in [0, 0.05) is 25.9 Å². The average Bonchev–Trinajstić information content (AvgIpc) is 2.36. The van der Waals surface area contributed by atoms with Crippen LogP contribution in [0.3, 0.4) is 0 Å². The van der Waals surface area contributed by atoms with Crippen molar-refractivity contribution in [1.29, 1.82) is 0 Å². The molecule has 5 nitrogen and oxygen atoms in total. The molecule has 0 aromatic carbocycles. The average molecular weight is 294 g/mol. The fraction of sp³-hybridized carbons (Fsp3) is 0.846. The number of amides is 2. The summed E-state index contributed by atoms with van der Waals surface area (Å²) in [6, 6.07) is 0. The molecule has 0 aliphatic carbocycles. The molecule has 0 rings (SSSR count). The van der Waals surface area contributed by atoms with Gasteiger partial charge in [-0.05, 0) is 26.2 Å². The molecular weight excluding hydrogens is 266 g/mol. The monoisotopic (exact) mass is 293 g/mol. The molecule has 0 atom stereocenters. The molecule has 0 radical (unpaired) electrons. The van der Waals surface area contributed by atoms with Crippen LogP contribution in [0.2, 0.25) is 0 Å². The first-order valence-corrected chi connectivity index (χ1v) is 6.81. The summed E-state index contributed by atoms with van der Waals surface area (Å²) in [5.41, 5.74) is 5.43. The Morgan fingerprint density at radius 3 is 2.00 bits per heavy atom. The summed E-state index contributed by atoms with van der Waals surface area (Å²) in [7, 11) is 0. The van der Waals surface area contributed by atoms with Gasteiger partial charge < -0.3 is 16.4 Å². The Labute approximate surface area is 122 Å². The Hall–Kier alpha value is -0.810. The SMILES string of the molecule is CCNC(=O)CCCC(=O)NC(CC)(CC)CN.Cl. The fourth-order valence-electron chi connectivity index (χ4n) is 1.82. The predicted octanol–water partition coefficient (Wildman–Crippen LogP) is 1.35. The van der Waals surface area contributed by atoms with Gasteiger partial charge in [0.1, 0.15) is 0 Å². The van der Waals surface area contributed by atoms with Gasteiger partial charge in [-0.25, -0.2) is 0 Å². The van der Waals surface area contributed by atoms with Crippen LogP contribution in [0.5, 0.6) is 0 Å². The van der Waals surface area contributed by atoms with E-state index in [9.17, 15) is 9.59 Å². The van der Waals surface area contributed by atoms with Gasteiger partial charge in [-0.3, -0.25) is 9.59 Å². The fourth-order valence-corrected chi connectivity index (χ4v) is 1.82. The highest BCUT2D eigenvalue weighted by Gasteiger charge is 2.25. The van der Waals surface area contributed by atoms with Gasteiger partial charge in [0.25, 0.3) is 0 Å². The zero-order valence-electron chi connectivity index (χ0n) is 12.3. The van der Waals surface area contributed by atoms with Crippen LogP contribution >= 0.6 is 12.4 Å². The van der Waals surface area contributed by atoms with Crippen molar-refractivity contribution in [2.45, 2.75) is 58.4 Å². The molecule has 0 unspecified atom stereocenters. The van der Waals surface area contributed by atoms with Crippen molar-refractivity contribution in [1.82, 2.24) is 10.6 Å². The molecule has 0 aliphatic heterocycles. The summed E-state index contributed by atoms with van der Waals surface area (Å²) < 4.78 is 0. The van der Waals surface area contributed by atoms with Gasteiger partial charge >= 0.3 is 0 Å². The molecule has 2 amide bonds. The number of carbonyl (C=O) groups excluding carboxylic acids is 2. The van der Waals surface area contributed by atoms with E-state index in [4.69, 9.17) is 5.73 Å². The Bertz CT molecular complexity index is 260. The summed E-state index contributed by atoms with van der Waals surface area (Å²) in [4.78, 5) is 23.0. The third-order valence-corrected chi connectivity index (χ3v) is 3.33. The Balaban J connectivity index is 0. The normalized spacial score (nSPS) is 10.5. The van der Waals surface area contributed by atoms with E-state index in [-0.39, 0.29) is 29.8 Å². The smallest absolute Gasteiger partial charge is 0.220 e. The van der Waals surface area contributed by atoms with Crippen molar-refractivity contribution in [3.05, 3.63) is 0 Å². The van der Waals surface area contributed by atoms with Gasteiger partial charge in [-0.1, -0.05) is 13.8 Å². The molecule has 0 heterocycles. The molecule has 0 fully saturated rings. The van der Waals surface area contributed by atoms with E-state index in [0.717, 1.165) is 12.8 Å². The second-order valence-corrected chi connectivity index (χ2v) is 4.55. The molecule has 0 bridgehead atoms. The van der Waals surface area contributed by atoms with Crippen molar-refractivity contribution >= 4 is 24.2 Å². The molecule has 0 saturated carbocycles. The van der Waals surface area contributed by atoms with E-state index < -0.39 is 0 Å². The lowest BCUT2D eigenvalue weighted by molar-refractivity contribution is -0.123. The number of hydrogen-bond donors (Lipinski definition) is 3. The zero-order chi connectivity index (χ0) is 14.0. The molecule has 4 N–H and O–H groups in total. The number of rotatable bonds is 9. The van der Waals surface area contributed by atoms with E-state index in [1.54, 1.807) is 0 Å². The van der Waals surface area contributed by atoms with Gasteiger partial charge in [-0.15, -0.1) is 12.4 Å². The van der Waals surface area contributed by atoms with Gasteiger partial charge in [0.2, 0.25) is 11.8 Å². The lowest BCUT2D eigenvalue weighted by Gasteiger charge is -2.31. The van der Waals surface area contributed by atoms with E-state index in [2.05, 4.69) is 10.6 Å². The number of halogens is 1. The second kappa shape index (κ2) is 11.1. The molecule has 0 aromatic rings. The van der Waals surface area contributed by atoms with Gasteiger partial charge in [0.15, 0.2) is 0 Å². The number of nitrogens with one attached hydrogen (secondary N) is 2. The first kappa shape index (κ1) is 20.5. The second-order valence-electron chi connectivity index (χ2n) is 4.55. The van der Waals surface area contributed by atoms with Crippen molar-refractivity contribution in [3.63, 3.8) is 0 Å². The molecular formula is C13H28ClN3O2. The summed E-state index contributed by atoms with van der Waals surface area (Å²) in [6.07, 6.45) is 2.99. The summed E-state index contributed by atoms with van der Waals surface area (Å²) in [6.45, 7) is 6.99. The minimum atomic E-state index is -0.289. The van der Waals surface area contributed by atoms with Crippen LogP contribution in [0.1, 0.15) is 52.9 Å². The highest BCUT2D eigenvalue weighted by Crippen LogP contribution is 2.13. The van der Waals surface area contributed by atoms with Crippen LogP contribution in [0.4, 0.5) is 0 Å². The molecule has 6 heteroatoms. The summed E-state index contributed by atoms with van der Waals surface area (Å²) in [5.74, 6) is -0.0187. The predicted molar refractivity (Wildman–Crippen MR) is 80.3 cm³/mol. The zero-order valence-corrected chi connectivity index (χ0v) is 13.1. The van der Waals surface area contributed by atoms with Crippen LogP contribution in [0.25, 0.3) is 0 Å². The van der Waals surface area contributed by atoms with Crippen molar-refractivity contribution in [3.8, 4) is 0 Å². The maximum atomic E-state index is 11.8. The number of carbonyl (C=O) groups is 2. The van der Waals surface area contributed by atoms with E-state index >= 15 is 0 Å². The molecule has 0 aliphatic rings. The minimum Gasteiger partial charge on any atom is -0.356 e. The maximum Gasteiger partial charge on any atom is 0.220 e. The Morgan fingerprint density at radius 1 is 1.05 bits per heavy atom. The van der Waals surface area contributed by atoms with Crippen LogP contribution in [0.15, 0.2) is 0 Å². The van der Waals surface area contributed by atoms with Crippen molar-refractivity contribution in [2.75, 3.05) is 13.1 Å². The van der Waals surface area contributed by atoms with Crippen molar-refractivity contribution < 1.29 is 9.59 Å². The van der Waals surface area contributed by atoms with E-state index in [1.165, 1.54) is 0 Å². The van der Waals surface area contributed by atoms with Crippen LogP contribution in [0, 0.1) is 0 Å². The molecule has 0 saturated heterocycles. The quantitative estimate of drug-likeness (QED) is 0.600. The van der Waals surface area contributed by atoms with Crippen LogP contribution in [-0.2, 0) is 9.59 Å². The number of hydrogen-bond acceptors (Lipinski definition) is 3. The van der Waals surface area contributed by atoms with Gasteiger partial charge in [0.05, 0.1) is 5.54 Å². The summed E-state index contributed by atoms with van der Waals surface area (Å²) >= 11 is 0. The first-order chi connectivity index (χ1) is 8.53. The number of nitrogens with two attached hydrogens (primary N) is 1. The Morgan fingerprint density at radius 2 is 1.58 bits per heavy atom. The third kappa shape index (κ3) is 8.06. The first-order valence-electron chi connectivity index (χ1n) is 6.81. The van der Waals surface area contributed by atoms with Crippen molar-refractivity contribution in [2.24, 2.45) is 5.73 Å². The maximum absolute atomic E-state index is 11.8. The van der Waals surface area contributed by atoms with E-state index in [0.29, 0.717) is 32.4 Å². The van der Waals surface area contributed by atoms with Crippen LogP contribution < -0.4 is 16.4 Å². The lowest BCUT2D eigenvalue weighted by Crippen LogP contribution is -2.52. The van der Waals surface area contributed by atoms with E-state index in [1.807, 2.05) is 20.8 Å². The molecule has 19 heavy (non-hydrogen) atoms. The minimum absolute atomic E-state index is 0. The standard InChI is InChI=1S/C13H27N3O2.ClH/c1-4-13(5-2,10-14)16-12(18)9-7-8-11(17)15-6-3;/h4-10,14H2,1-3H3,(H,15,17)(H,16,18);1H. The van der Waals surface area contributed by atoms with Gasteiger partial charge in [-0.2, -0.15) is 0 Å². The molecule has 114 valence electrons. The lowest BCUT2D eigenvalue weighted by atomic mass is 9.92. The van der Waals surface area contributed by atoms with Crippen LogP contribution in [-0.4, -0.2) is 30.4 Å². The Kier molecular flexibility index (Phi) is 11.9. The highest BCUT2D eigenvalue weighted by atomic mass is 35.5. The molecule has 0 spiro atoms. The highest BCUT2D eigenvalue weighted by molar-refractivity contribution is 5.85. The summed E-state index contributed by atoms with van der Waals surface area (Å²) in [5, 5.41) is 5.70. The largest absolute Gasteiger partial charge is 0.356 e.